The van der Waals surface area contributed by atoms with Crippen LogP contribution >= 0.6 is 0 Å². The lowest BCUT2D eigenvalue weighted by atomic mass is 10.2. The standard InChI is InChI=1S/C21H33N5O3/c1-7-22-21(23-9-8-10-26-16(3)11-15(2)25-26)24-14-17-12-18(27-4)20(29-6)19(13-17)28-5/h11-13H,7-10,14H2,1-6H3,(H2,22,23,24). The average Bonchev–Trinajstić information content (AvgIpc) is 3.05. The van der Waals surface area contributed by atoms with Crippen LogP contribution in [0.5, 0.6) is 17.2 Å². The van der Waals surface area contributed by atoms with E-state index in [-0.39, 0.29) is 0 Å². The van der Waals surface area contributed by atoms with Crippen molar-refractivity contribution in [1.29, 1.82) is 0 Å². The van der Waals surface area contributed by atoms with E-state index in [1.807, 2.05) is 30.7 Å². The molecule has 8 nitrogen and oxygen atoms in total. The van der Waals surface area contributed by atoms with E-state index in [1.54, 1.807) is 21.3 Å². The van der Waals surface area contributed by atoms with Gasteiger partial charge in [-0.1, -0.05) is 0 Å². The summed E-state index contributed by atoms with van der Waals surface area (Å²) in [5.41, 5.74) is 3.21. The van der Waals surface area contributed by atoms with Gasteiger partial charge in [-0.05, 0) is 51.0 Å². The van der Waals surface area contributed by atoms with E-state index >= 15 is 0 Å². The molecule has 1 aromatic carbocycles. The average molecular weight is 404 g/mol. The predicted octanol–water partition coefficient (Wildman–Crippen LogP) is 2.67. The summed E-state index contributed by atoms with van der Waals surface area (Å²) in [5.74, 6) is 2.60. The van der Waals surface area contributed by atoms with Crippen LogP contribution in [0.1, 0.15) is 30.3 Å². The van der Waals surface area contributed by atoms with Crippen LogP contribution in [0, 0.1) is 13.8 Å². The van der Waals surface area contributed by atoms with Crippen molar-refractivity contribution in [2.75, 3.05) is 34.4 Å². The highest BCUT2D eigenvalue weighted by atomic mass is 16.5. The fourth-order valence-corrected chi connectivity index (χ4v) is 3.08. The van der Waals surface area contributed by atoms with E-state index in [0.717, 1.165) is 43.3 Å². The first-order valence-corrected chi connectivity index (χ1v) is 9.84. The van der Waals surface area contributed by atoms with Gasteiger partial charge < -0.3 is 24.8 Å². The van der Waals surface area contributed by atoms with Crippen LogP contribution in [-0.2, 0) is 13.1 Å². The number of guanidine groups is 1. The summed E-state index contributed by atoms with van der Waals surface area (Å²) in [7, 11) is 4.81. The van der Waals surface area contributed by atoms with Crippen LogP contribution in [-0.4, -0.2) is 50.2 Å². The van der Waals surface area contributed by atoms with Gasteiger partial charge in [0.15, 0.2) is 17.5 Å². The van der Waals surface area contributed by atoms with Crippen molar-refractivity contribution < 1.29 is 14.2 Å². The molecule has 0 saturated heterocycles. The Morgan fingerprint density at radius 3 is 2.24 bits per heavy atom. The maximum atomic E-state index is 5.41. The van der Waals surface area contributed by atoms with Gasteiger partial charge in [-0.2, -0.15) is 5.10 Å². The Balaban J connectivity index is 1.98. The number of hydrogen-bond donors (Lipinski definition) is 2. The summed E-state index contributed by atoms with van der Waals surface area (Å²) < 4.78 is 18.2. The van der Waals surface area contributed by atoms with Crippen molar-refractivity contribution in [3.8, 4) is 17.2 Å². The molecule has 160 valence electrons. The number of ether oxygens (including phenoxy) is 3. The van der Waals surface area contributed by atoms with Gasteiger partial charge in [0.25, 0.3) is 0 Å². The molecule has 2 aromatic rings. The second-order valence-electron chi connectivity index (χ2n) is 6.66. The number of aliphatic imine (C=N–C) groups is 1. The fourth-order valence-electron chi connectivity index (χ4n) is 3.08. The number of methoxy groups -OCH3 is 3. The first-order valence-electron chi connectivity index (χ1n) is 9.84. The zero-order chi connectivity index (χ0) is 21.2. The quantitative estimate of drug-likeness (QED) is 0.361. The third-order valence-corrected chi connectivity index (χ3v) is 4.43. The van der Waals surface area contributed by atoms with Gasteiger partial charge in [0, 0.05) is 25.3 Å². The van der Waals surface area contributed by atoms with Gasteiger partial charge in [-0.15, -0.1) is 0 Å². The maximum Gasteiger partial charge on any atom is 0.203 e. The Hall–Kier alpha value is -2.90. The summed E-state index contributed by atoms with van der Waals surface area (Å²) in [6.07, 6.45) is 0.955. The molecule has 1 heterocycles. The molecule has 0 aliphatic rings. The number of hydrogen-bond acceptors (Lipinski definition) is 5. The van der Waals surface area contributed by atoms with Crippen molar-refractivity contribution in [2.45, 2.75) is 40.3 Å². The normalized spacial score (nSPS) is 11.3. The molecule has 0 aliphatic heterocycles. The van der Waals surface area contributed by atoms with E-state index in [2.05, 4.69) is 33.7 Å². The minimum atomic E-state index is 0.490. The molecule has 0 saturated carbocycles. The predicted molar refractivity (Wildman–Crippen MR) is 115 cm³/mol. The van der Waals surface area contributed by atoms with Crippen molar-refractivity contribution >= 4 is 5.96 Å². The fraction of sp³-hybridized carbons (Fsp3) is 0.524. The lowest BCUT2D eigenvalue weighted by Crippen LogP contribution is -2.38. The number of benzene rings is 1. The molecule has 0 bridgehead atoms. The molecule has 2 rings (SSSR count). The lowest BCUT2D eigenvalue weighted by molar-refractivity contribution is 0.324. The molecular formula is C21H33N5O3. The topological polar surface area (TPSA) is 81.9 Å². The lowest BCUT2D eigenvalue weighted by Gasteiger charge is -2.14. The molecule has 0 radical (unpaired) electrons. The molecule has 29 heavy (non-hydrogen) atoms. The molecule has 0 atom stereocenters. The minimum Gasteiger partial charge on any atom is -0.493 e. The molecular weight excluding hydrogens is 370 g/mol. The molecule has 0 fully saturated rings. The smallest absolute Gasteiger partial charge is 0.203 e. The van der Waals surface area contributed by atoms with Crippen molar-refractivity contribution in [1.82, 2.24) is 20.4 Å². The summed E-state index contributed by atoms with van der Waals surface area (Å²) in [4.78, 5) is 4.68. The highest BCUT2D eigenvalue weighted by Gasteiger charge is 2.13. The van der Waals surface area contributed by atoms with Crippen LogP contribution in [0.25, 0.3) is 0 Å². The highest BCUT2D eigenvalue weighted by molar-refractivity contribution is 5.79. The van der Waals surface area contributed by atoms with Crippen LogP contribution in [0.3, 0.4) is 0 Å². The SMILES string of the molecule is CCNC(=NCc1cc(OC)c(OC)c(OC)c1)NCCCn1nc(C)cc1C. The Morgan fingerprint density at radius 1 is 1.03 bits per heavy atom. The number of nitrogens with zero attached hydrogens (tertiary/aromatic N) is 3. The molecule has 8 heteroatoms. The summed E-state index contributed by atoms with van der Waals surface area (Å²) >= 11 is 0. The third kappa shape index (κ3) is 6.30. The van der Waals surface area contributed by atoms with Crippen LogP contribution < -0.4 is 24.8 Å². The summed E-state index contributed by atoms with van der Waals surface area (Å²) in [5, 5.41) is 11.1. The minimum absolute atomic E-state index is 0.490. The number of aryl methyl sites for hydroxylation is 3. The van der Waals surface area contributed by atoms with Gasteiger partial charge in [-0.25, -0.2) is 4.99 Å². The maximum absolute atomic E-state index is 5.41. The van der Waals surface area contributed by atoms with Crippen molar-refractivity contribution in [3.63, 3.8) is 0 Å². The Labute approximate surface area is 173 Å². The first-order chi connectivity index (χ1) is 14.0. The number of aromatic nitrogens is 2. The van der Waals surface area contributed by atoms with Gasteiger partial charge >= 0.3 is 0 Å². The summed E-state index contributed by atoms with van der Waals surface area (Å²) in [6, 6.07) is 5.92. The molecule has 0 spiro atoms. The second-order valence-corrected chi connectivity index (χ2v) is 6.66. The zero-order valence-corrected chi connectivity index (χ0v) is 18.3. The van der Waals surface area contributed by atoms with Gasteiger partial charge in [0.2, 0.25) is 5.75 Å². The largest absolute Gasteiger partial charge is 0.493 e. The Morgan fingerprint density at radius 2 is 1.72 bits per heavy atom. The molecule has 0 amide bonds. The van der Waals surface area contributed by atoms with E-state index in [4.69, 9.17) is 14.2 Å². The molecule has 2 N–H and O–H groups in total. The van der Waals surface area contributed by atoms with Gasteiger partial charge in [0.05, 0.1) is 33.6 Å². The van der Waals surface area contributed by atoms with Crippen molar-refractivity contribution in [3.05, 3.63) is 35.2 Å². The first kappa shape index (κ1) is 22.4. The molecule has 1 aromatic heterocycles. The third-order valence-electron chi connectivity index (χ3n) is 4.43. The molecule has 0 aliphatic carbocycles. The highest BCUT2D eigenvalue weighted by Crippen LogP contribution is 2.38. The number of nitrogens with one attached hydrogen (secondary N) is 2. The summed E-state index contributed by atoms with van der Waals surface area (Å²) in [6.45, 7) is 9.10. The Bertz CT molecular complexity index is 792. The number of rotatable bonds is 10. The zero-order valence-electron chi connectivity index (χ0n) is 18.3. The van der Waals surface area contributed by atoms with Crippen LogP contribution in [0.2, 0.25) is 0 Å². The monoisotopic (exact) mass is 403 g/mol. The van der Waals surface area contributed by atoms with Crippen molar-refractivity contribution in [2.24, 2.45) is 4.99 Å². The van der Waals surface area contributed by atoms with E-state index in [0.29, 0.717) is 23.8 Å². The second kappa shape index (κ2) is 11.2. The van der Waals surface area contributed by atoms with Gasteiger partial charge in [-0.3, -0.25) is 4.68 Å². The van der Waals surface area contributed by atoms with Crippen LogP contribution in [0.4, 0.5) is 0 Å². The van der Waals surface area contributed by atoms with Gasteiger partial charge in [0.1, 0.15) is 0 Å². The van der Waals surface area contributed by atoms with E-state index in [9.17, 15) is 0 Å². The Kier molecular flexibility index (Phi) is 8.64. The van der Waals surface area contributed by atoms with Crippen LogP contribution in [0.15, 0.2) is 23.2 Å². The van der Waals surface area contributed by atoms with E-state index < -0.39 is 0 Å². The van der Waals surface area contributed by atoms with E-state index in [1.165, 1.54) is 5.69 Å². The molecule has 0 unspecified atom stereocenters.